The molecular formula is C17H22N2O2. The van der Waals surface area contributed by atoms with Crippen molar-refractivity contribution >= 4 is 17.1 Å². The molecule has 0 fully saturated rings. The summed E-state index contributed by atoms with van der Waals surface area (Å²) in [6.07, 6.45) is 0.954. The van der Waals surface area contributed by atoms with Gasteiger partial charge in [0.2, 0.25) is 0 Å². The van der Waals surface area contributed by atoms with Crippen molar-refractivity contribution in [3.63, 3.8) is 0 Å². The van der Waals surface area contributed by atoms with Gasteiger partial charge in [-0.25, -0.2) is 0 Å². The highest BCUT2D eigenvalue weighted by Gasteiger charge is 2.06. The van der Waals surface area contributed by atoms with Crippen LogP contribution in [-0.2, 0) is 0 Å². The van der Waals surface area contributed by atoms with E-state index in [0.29, 0.717) is 24.7 Å². The van der Waals surface area contributed by atoms with E-state index in [1.54, 1.807) is 0 Å². The number of nitrogens with one attached hydrogen (secondary N) is 1. The Bertz CT molecular complexity index is 568. The Morgan fingerprint density at radius 2 is 1.76 bits per heavy atom. The number of rotatable bonds is 7. The molecule has 0 unspecified atom stereocenters. The highest BCUT2D eigenvalue weighted by atomic mass is 16.5. The third-order valence-corrected chi connectivity index (χ3v) is 2.97. The Labute approximate surface area is 125 Å². The molecule has 4 heteroatoms. The number of hydrogen-bond donors (Lipinski definition) is 2. The SMILES string of the molecule is CCCOc1cccc(Nc2ccc(OCC)cc2)c1N. The molecule has 3 N–H and O–H groups in total. The standard InChI is InChI=1S/C17H22N2O2/c1-3-12-21-16-7-5-6-15(17(16)18)19-13-8-10-14(11-9-13)20-4-2/h5-11,19H,3-4,12,18H2,1-2H3. The third-order valence-electron chi connectivity index (χ3n) is 2.97. The van der Waals surface area contributed by atoms with E-state index in [-0.39, 0.29) is 0 Å². The summed E-state index contributed by atoms with van der Waals surface area (Å²) in [4.78, 5) is 0. The van der Waals surface area contributed by atoms with Crippen LogP contribution in [0.3, 0.4) is 0 Å². The molecule has 112 valence electrons. The zero-order valence-electron chi connectivity index (χ0n) is 12.6. The van der Waals surface area contributed by atoms with E-state index in [0.717, 1.165) is 23.5 Å². The summed E-state index contributed by atoms with van der Waals surface area (Å²) in [6.45, 7) is 5.36. The molecule has 0 saturated carbocycles. The molecule has 0 aliphatic carbocycles. The van der Waals surface area contributed by atoms with Crippen molar-refractivity contribution in [3.05, 3.63) is 42.5 Å². The third kappa shape index (κ3) is 4.05. The lowest BCUT2D eigenvalue weighted by molar-refractivity contribution is 0.319. The first-order chi connectivity index (χ1) is 10.2. The predicted molar refractivity (Wildman–Crippen MR) is 87.5 cm³/mol. The quantitative estimate of drug-likeness (QED) is 0.749. The maximum absolute atomic E-state index is 6.14. The van der Waals surface area contributed by atoms with E-state index in [1.165, 1.54) is 0 Å². The topological polar surface area (TPSA) is 56.5 Å². The summed E-state index contributed by atoms with van der Waals surface area (Å²) in [6, 6.07) is 13.5. The second-order valence-electron chi connectivity index (χ2n) is 4.65. The monoisotopic (exact) mass is 286 g/mol. The second kappa shape index (κ2) is 7.43. The average molecular weight is 286 g/mol. The lowest BCUT2D eigenvalue weighted by Gasteiger charge is -2.14. The van der Waals surface area contributed by atoms with Gasteiger partial charge < -0.3 is 20.5 Å². The van der Waals surface area contributed by atoms with E-state index < -0.39 is 0 Å². The minimum absolute atomic E-state index is 0.625. The van der Waals surface area contributed by atoms with Crippen molar-refractivity contribution in [1.29, 1.82) is 0 Å². The van der Waals surface area contributed by atoms with Gasteiger partial charge in [0.1, 0.15) is 11.5 Å². The molecule has 4 nitrogen and oxygen atoms in total. The number of benzene rings is 2. The Kier molecular flexibility index (Phi) is 5.32. The van der Waals surface area contributed by atoms with Gasteiger partial charge in [-0.05, 0) is 49.7 Å². The number of anilines is 3. The van der Waals surface area contributed by atoms with Gasteiger partial charge in [-0.2, -0.15) is 0 Å². The van der Waals surface area contributed by atoms with Crippen LogP contribution < -0.4 is 20.5 Å². The first-order valence-corrected chi connectivity index (χ1v) is 7.25. The molecule has 2 aromatic carbocycles. The van der Waals surface area contributed by atoms with Crippen LogP contribution in [-0.4, -0.2) is 13.2 Å². The van der Waals surface area contributed by atoms with Gasteiger partial charge in [-0.15, -0.1) is 0 Å². The van der Waals surface area contributed by atoms with Crippen LogP contribution in [0.25, 0.3) is 0 Å². The lowest BCUT2D eigenvalue weighted by Crippen LogP contribution is -2.02. The zero-order valence-corrected chi connectivity index (χ0v) is 12.6. The van der Waals surface area contributed by atoms with Crippen LogP contribution in [0.4, 0.5) is 17.1 Å². The summed E-state index contributed by atoms with van der Waals surface area (Å²) in [5.74, 6) is 1.57. The fourth-order valence-corrected chi connectivity index (χ4v) is 1.95. The number of hydrogen-bond acceptors (Lipinski definition) is 4. The fourth-order valence-electron chi connectivity index (χ4n) is 1.95. The highest BCUT2D eigenvalue weighted by molar-refractivity contribution is 5.77. The van der Waals surface area contributed by atoms with Crippen molar-refractivity contribution < 1.29 is 9.47 Å². The average Bonchev–Trinajstić information content (AvgIpc) is 2.50. The molecule has 0 spiro atoms. The first-order valence-electron chi connectivity index (χ1n) is 7.25. The number of para-hydroxylation sites is 1. The van der Waals surface area contributed by atoms with Gasteiger partial charge in [-0.1, -0.05) is 13.0 Å². The van der Waals surface area contributed by atoms with Crippen molar-refractivity contribution in [3.8, 4) is 11.5 Å². The van der Waals surface area contributed by atoms with Crippen LogP contribution in [0, 0.1) is 0 Å². The molecule has 0 heterocycles. The van der Waals surface area contributed by atoms with Crippen LogP contribution in [0.1, 0.15) is 20.3 Å². The van der Waals surface area contributed by atoms with Crippen LogP contribution in [0.2, 0.25) is 0 Å². The van der Waals surface area contributed by atoms with Crippen molar-refractivity contribution in [1.82, 2.24) is 0 Å². The van der Waals surface area contributed by atoms with Crippen molar-refractivity contribution in [2.24, 2.45) is 0 Å². The van der Waals surface area contributed by atoms with Gasteiger partial charge in [-0.3, -0.25) is 0 Å². The largest absolute Gasteiger partial charge is 0.494 e. The molecule has 2 rings (SSSR count). The molecule has 0 bridgehead atoms. The molecule has 0 atom stereocenters. The predicted octanol–water partition coefficient (Wildman–Crippen LogP) is 4.20. The minimum Gasteiger partial charge on any atom is -0.494 e. The van der Waals surface area contributed by atoms with Gasteiger partial charge in [0, 0.05) is 5.69 Å². The van der Waals surface area contributed by atoms with E-state index in [2.05, 4.69) is 12.2 Å². The van der Waals surface area contributed by atoms with Gasteiger partial charge in [0.15, 0.2) is 0 Å². The van der Waals surface area contributed by atoms with Gasteiger partial charge >= 0.3 is 0 Å². The van der Waals surface area contributed by atoms with E-state index >= 15 is 0 Å². The second-order valence-corrected chi connectivity index (χ2v) is 4.65. The highest BCUT2D eigenvalue weighted by Crippen LogP contribution is 2.32. The summed E-state index contributed by atoms with van der Waals surface area (Å²) < 4.78 is 11.1. The van der Waals surface area contributed by atoms with Crippen molar-refractivity contribution in [2.45, 2.75) is 20.3 Å². The molecule has 0 amide bonds. The Morgan fingerprint density at radius 1 is 1.00 bits per heavy atom. The lowest BCUT2D eigenvalue weighted by atomic mass is 10.2. The van der Waals surface area contributed by atoms with E-state index in [4.69, 9.17) is 15.2 Å². The fraction of sp³-hybridized carbons (Fsp3) is 0.294. The number of ether oxygens (including phenoxy) is 2. The summed E-state index contributed by atoms with van der Waals surface area (Å²) in [7, 11) is 0. The van der Waals surface area contributed by atoms with Gasteiger partial charge in [0.05, 0.1) is 24.6 Å². The summed E-state index contributed by atoms with van der Waals surface area (Å²) in [5.41, 5.74) is 8.56. The van der Waals surface area contributed by atoms with E-state index in [9.17, 15) is 0 Å². The Hall–Kier alpha value is -2.36. The molecular weight excluding hydrogens is 264 g/mol. The Morgan fingerprint density at radius 3 is 2.43 bits per heavy atom. The maximum Gasteiger partial charge on any atom is 0.144 e. The summed E-state index contributed by atoms with van der Waals surface area (Å²) >= 11 is 0. The molecule has 0 saturated heterocycles. The molecule has 0 aliphatic rings. The first kappa shape index (κ1) is 15.0. The maximum atomic E-state index is 6.14. The summed E-state index contributed by atoms with van der Waals surface area (Å²) in [5, 5.41) is 3.30. The molecule has 2 aromatic rings. The van der Waals surface area contributed by atoms with Crippen LogP contribution in [0.5, 0.6) is 11.5 Å². The van der Waals surface area contributed by atoms with Crippen LogP contribution in [0.15, 0.2) is 42.5 Å². The number of nitrogen functional groups attached to an aromatic ring is 1. The van der Waals surface area contributed by atoms with Crippen molar-refractivity contribution in [2.75, 3.05) is 24.3 Å². The van der Waals surface area contributed by atoms with Gasteiger partial charge in [0.25, 0.3) is 0 Å². The number of nitrogens with two attached hydrogens (primary N) is 1. The van der Waals surface area contributed by atoms with Crippen LogP contribution >= 0.6 is 0 Å². The zero-order chi connectivity index (χ0) is 15.1. The Balaban J connectivity index is 2.11. The molecule has 0 radical (unpaired) electrons. The minimum atomic E-state index is 0.625. The molecule has 0 aromatic heterocycles. The van der Waals surface area contributed by atoms with E-state index in [1.807, 2.05) is 49.4 Å². The normalized spacial score (nSPS) is 10.2. The molecule has 0 aliphatic heterocycles. The smallest absolute Gasteiger partial charge is 0.144 e. The molecule has 21 heavy (non-hydrogen) atoms.